The first-order chi connectivity index (χ1) is 9.24. The van der Waals surface area contributed by atoms with Gasteiger partial charge < -0.3 is 4.90 Å². The lowest BCUT2D eigenvalue weighted by Crippen LogP contribution is -2.40. The molecule has 1 fully saturated rings. The van der Waals surface area contributed by atoms with Crippen molar-refractivity contribution in [3.05, 3.63) is 30.2 Å². The van der Waals surface area contributed by atoms with E-state index in [2.05, 4.69) is 39.5 Å². The molecule has 0 radical (unpaired) electrons. The molecule has 0 aliphatic carbocycles. The predicted molar refractivity (Wildman–Crippen MR) is 76.1 cm³/mol. The van der Waals surface area contributed by atoms with Crippen molar-refractivity contribution in [2.24, 2.45) is 5.92 Å². The zero-order chi connectivity index (χ0) is 13.2. The minimum atomic E-state index is 0.651. The lowest BCUT2D eigenvalue weighted by molar-refractivity contribution is 0.138. The smallest absolute Gasteiger partial charge is 0.160 e. The third kappa shape index (κ3) is 2.63. The number of aromatic nitrogens is 3. The summed E-state index contributed by atoms with van der Waals surface area (Å²) in [5.74, 6) is 1.81. The highest BCUT2D eigenvalue weighted by Gasteiger charge is 2.23. The van der Waals surface area contributed by atoms with Crippen LogP contribution in [-0.4, -0.2) is 38.6 Å². The number of nitrogens with zero attached hydrogens (tertiary/aromatic N) is 4. The van der Waals surface area contributed by atoms with Crippen LogP contribution in [0, 0.1) is 5.92 Å². The highest BCUT2D eigenvalue weighted by Crippen LogP contribution is 2.21. The maximum Gasteiger partial charge on any atom is 0.160 e. The van der Waals surface area contributed by atoms with Gasteiger partial charge in [-0.1, -0.05) is 6.07 Å². The number of fused-ring (bicyclic) bond motifs is 1. The molecule has 1 aliphatic rings. The molecular formula is C15H22N4. The number of hydrogen-bond donors (Lipinski definition) is 0. The SMILES string of the molecule is CC(C)N1CCCC(Cc2nnc3ccccn23)C1. The Balaban J connectivity index is 1.74. The molecule has 102 valence electrons. The summed E-state index contributed by atoms with van der Waals surface area (Å²) in [5, 5.41) is 8.59. The average molecular weight is 258 g/mol. The van der Waals surface area contributed by atoms with Gasteiger partial charge in [-0.05, 0) is 51.3 Å². The Morgan fingerprint density at radius 2 is 2.21 bits per heavy atom. The lowest BCUT2D eigenvalue weighted by atomic mass is 9.93. The third-order valence-corrected chi connectivity index (χ3v) is 4.14. The minimum Gasteiger partial charge on any atom is -0.301 e. The van der Waals surface area contributed by atoms with Gasteiger partial charge in [-0.3, -0.25) is 4.40 Å². The molecule has 0 spiro atoms. The van der Waals surface area contributed by atoms with Crippen LogP contribution in [-0.2, 0) is 6.42 Å². The number of hydrogen-bond acceptors (Lipinski definition) is 3. The lowest BCUT2D eigenvalue weighted by Gasteiger charge is -2.35. The van der Waals surface area contributed by atoms with Gasteiger partial charge in [0.05, 0.1) is 0 Å². The molecule has 4 nitrogen and oxygen atoms in total. The molecule has 0 bridgehead atoms. The largest absolute Gasteiger partial charge is 0.301 e. The molecule has 3 rings (SSSR count). The summed E-state index contributed by atoms with van der Waals surface area (Å²) >= 11 is 0. The molecule has 0 N–H and O–H groups in total. The summed E-state index contributed by atoms with van der Waals surface area (Å²) in [6.45, 7) is 7.01. The number of piperidine rings is 1. The Morgan fingerprint density at radius 1 is 1.32 bits per heavy atom. The summed E-state index contributed by atoms with van der Waals surface area (Å²) < 4.78 is 2.12. The Hall–Kier alpha value is -1.42. The van der Waals surface area contributed by atoms with E-state index in [1.54, 1.807) is 0 Å². The van der Waals surface area contributed by atoms with E-state index in [1.165, 1.54) is 25.9 Å². The normalized spacial score (nSPS) is 21.3. The van der Waals surface area contributed by atoms with Gasteiger partial charge >= 0.3 is 0 Å². The topological polar surface area (TPSA) is 33.4 Å². The molecule has 1 unspecified atom stereocenters. The third-order valence-electron chi connectivity index (χ3n) is 4.14. The van der Waals surface area contributed by atoms with E-state index < -0.39 is 0 Å². The number of likely N-dealkylation sites (tertiary alicyclic amines) is 1. The first-order valence-electron chi connectivity index (χ1n) is 7.26. The first kappa shape index (κ1) is 12.6. The second-order valence-corrected chi connectivity index (χ2v) is 5.85. The minimum absolute atomic E-state index is 0.651. The highest BCUT2D eigenvalue weighted by molar-refractivity contribution is 5.37. The molecular weight excluding hydrogens is 236 g/mol. The van der Waals surface area contributed by atoms with Crippen LogP contribution in [0.25, 0.3) is 5.65 Å². The van der Waals surface area contributed by atoms with Crippen LogP contribution in [0.3, 0.4) is 0 Å². The van der Waals surface area contributed by atoms with Crippen LogP contribution in [0.15, 0.2) is 24.4 Å². The van der Waals surface area contributed by atoms with E-state index in [0.717, 1.165) is 17.9 Å². The van der Waals surface area contributed by atoms with E-state index in [-0.39, 0.29) is 0 Å². The Bertz CT molecular complexity index is 546. The maximum absolute atomic E-state index is 4.35. The fraction of sp³-hybridized carbons (Fsp3) is 0.600. The molecule has 19 heavy (non-hydrogen) atoms. The summed E-state index contributed by atoms with van der Waals surface area (Å²) in [7, 11) is 0. The van der Waals surface area contributed by atoms with Gasteiger partial charge in [-0.2, -0.15) is 0 Å². The van der Waals surface area contributed by atoms with Gasteiger partial charge in [-0.15, -0.1) is 10.2 Å². The highest BCUT2D eigenvalue weighted by atomic mass is 15.2. The zero-order valence-corrected chi connectivity index (χ0v) is 11.8. The zero-order valence-electron chi connectivity index (χ0n) is 11.8. The second kappa shape index (κ2) is 5.29. The second-order valence-electron chi connectivity index (χ2n) is 5.85. The van der Waals surface area contributed by atoms with Gasteiger partial charge in [-0.25, -0.2) is 0 Å². The average Bonchev–Trinajstić information content (AvgIpc) is 2.83. The van der Waals surface area contributed by atoms with Crippen LogP contribution in [0.1, 0.15) is 32.5 Å². The standard InChI is InChI=1S/C15H22N4/c1-12(2)18-8-5-6-13(11-18)10-15-17-16-14-7-3-4-9-19(14)15/h3-4,7,9,12-13H,5-6,8,10-11H2,1-2H3. The summed E-state index contributed by atoms with van der Waals surface area (Å²) in [5.41, 5.74) is 0.953. The summed E-state index contributed by atoms with van der Waals surface area (Å²) in [6.07, 6.45) is 5.71. The summed E-state index contributed by atoms with van der Waals surface area (Å²) in [4.78, 5) is 2.58. The Morgan fingerprint density at radius 3 is 3.05 bits per heavy atom. The van der Waals surface area contributed by atoms with Crippen molar-refractivity contribution >= 4 is 5.65 Å². The van der Waals surface area contributed by atoms with Crippen LogP contribution < -0.4 is 0 Å². The molecule has 0 aromatic carbocycles. The molecule has 1 saturated heterocycles. The van der Waals surface area contributed by atoms with Gasteiger partial charge in [0.2, 0.25) is 0 Å². The van der Waals surface area contributed by atoms with E-state index in [0.29, 0.717) is 12.0 Å². The monoisotopic (exact) mass is 258 g/mol. The van der Waals surface area contributed by atoms with Gasteiger partial charge in [0.1, 0.15) is 5.82 Å². The van der Waals surface area contributed by atoms with Crippen molar-refractivity contribution in [3.63, 3.8) is 0 Å². The van der Waals surface area contributed by atoms with Crippen molar-refractivity contribution in [3.8, 4) is 0 Å². The van der Waals surface area contributed by atoms with Crippen LogP contribution in [0.5, 0.6) is 0 Å². The van der Waals surface area contributed by atoms with E-state index >= 15 is 0 Å². The fourth-order valence-electron chi connectivity index (χ4n) is 3.02. The van der Waals surface area contributed by atoms with Crippen molar-refractivity contribution < 1.29 is 0 Å². The number of rotatable bonds is 3. The number of pyridine rings is 1. The van der Waals surface area contributed by atoms with Crippen molar-refractivity contribution in [1.82, 2.24) is 19.5 Å². The molecule has 2 aromatic heterocycles. The molecule has 3 heterocycles. The maximum atomic E-state index is 4.35. The predicted octanol–water partition coefficient (Wildman–Crippen LogP) is 2.39. The van der Waals surface area contributed by atoms with Gasteiger partial charge in [0.15, 0.2) is 5.65 Å². The van der Waals surface area contributed by atoms with Crippen LogP contribution in [0.2, 0.25) is 0 Å². The molecule has 4 heteroatoms. The Labute approximate surface area is 114 Å². The molecule has 0 saturated carbocycles. The molecule has 0 amide bonds. The molecule has 2 aromatic rings. The molecule has 1 aliphatic heterocycles. The van der Waals surface area contributed by atoms with Crippen LogP contribution >= 0.6 is 0 Å². The quantitative estimate of drug-likeness (QED) is 0.847. The van der Waals surface area contributed by atoms with E-state index in [9.17, 15) is 0 Å². The first-order valence-corrected chi connectivity index (χ1v) is 7.26. The van der Waals surface area contributed by atoms with Gasteiger partial charge in [0.25, 0.3) is 0 Å². The van der Waals surface area contributed by atoms with Crippen molar-refractivity contribution in [1.29, 1.82) is 0 Å². The van der Waals surface area contributed by atoms with Gasteiger partial charge in [0, 0.05) is 25.2 Å². The van der Waals surface area contributed by atoms with Crippen molar-refractivity contribution in [2.45, 2.75) is 39.2 Å². The Kier molecular flexibility index (Phi) is 3.51. The van der Waals surface area contributed by atoms with E-state index in [1.807, 2.05) is 18.2 Å². The van der Waals surface area contributed by atoms with Crippen molar-refractivity contribution in [2.75, 3.05) is 13.1 Å². The van der Waals surface area contributed by atoms with Crippen LogP contribution in [0.4, 0.5) is 0 Å². The summed E-state index contributed by atoms with van der Waals surface area (Å²) in [6, 6.07) is 6.71. The van der Waals surface area contributed by atoms with E-state index in [4.69, 9.17) is 0 Å². The molecule has 1 atom stereocenters. The fourth-order valence-corrected chi connectivity index (χ4v) is 3.02.